The Bertz CT molecular complexity index is 1580. The maximum Gasteiger partial charge on any atom is 0.251 e. The van der Waals surface area contributed by atoms with Crippen molar-refractivity contribution in [2.75, 3.05) is 11.9 Å². The number of hydrogen-bond donors (Lipinski definition) is 2. The summed E-state index contributed by atoms with van der Waals surface area (Å²) in [6.45, 7) is 2.70. The van der Waals surface area contributed by atoms with E-state index < -0.39 is 5.82 Å². The highest BCUT2D eigenvalue weighted by atomic mass is 19.1. The van der Waals surface area contributed by atoms with E-state index in [0.29, 0.717) is 29.5 Å². The second-order valence-corrected chi connectivity index (χ2v) is 10.6. The van der Waals surface area contributed by atoms with Gasteiger partial charge in [0, 0.05) is 53.5 Å². The van der Waals surface area contributed by atoms with E-state index >= 15 is 0 Å². The summed E-state index contributed by atoms with van der Waals surface area (Å²) >= 11 is 0. The molecule has 0 unspecified atom stereocenters. The number of benzene rings is 2. The number of aromatic nitrogens is 4. The van der Waals surface area contributed by atoms with Crippen LogP contribution >= 0.6 is 0 Å². The van der Waals surface area contributed by atoms with Crippen LogP contribution in [-0.4, -0.2) is 32.0 Å². The molecule has 186 valence electrons. The van der Waals surface area contributed by atoms with Crippen molar-refractivity contribution in [1.82, 2.24) is 24.8 Å². The molecule has 1 amide bonds. The van der Waals surface area contributed by atoms with E-state index in [2.05, 4.69) is 38.4 Å². The quantitative estimate of drug-likeness (QED) is 0.389. The van der Waals surface area contributed by atoms with Gasteiger partial charge in [0.05, 0.1) is 11.9 Å². The molecule has 2 aromatic heterocycles. The van der Waals surface area contributed by atoms with Crippen LogP contribution in [0.2, 0.25) is 0 Å². The normalized spacial score (nSPS) is 17.4. The first-order chi connectivity index (χ1) is 17.9. The zero-order chi connectivity index (χ0) is 25.3. The van der Waals surface area contributed by atoms with Gasteiger partial charge in [0.25, 0.3) is 5.91 Å². The molecule has 37 heavy (non-hydrogen) atoms. The molecule has 8 heteroatoms. The third-order valence-electron chi connectivity index (χ3n) is 7.90. The van der Waals surface area contributed by atoms with Gasteiger partial charge in [0.2, 0.25) is 0 Å². The van der Waals surface area contributed by atoms with Crippen molar-refractivity contribution in [2.24, 2.45) is 7.05 Å². The number of carbonyl (C=O) groups excluding carboxylic acids is 1. The Balaban J connectivity index is 1.18. The van der Waals surface area contributed by atoms with Crippen molar-refractivity contribution in [3.63, 3.8) is 0 Å². The lowest BCUT2D eigenvalue weighted by Crippen LogP contribution is -2.39. The minimum atomic E-state index is -0.533. The van der Waals surface area contributed by atoms with Crippen molar-refractivity contribution in [3.05, 3.63) is 77.1 Å². The second-order valence-electron chi connectivity index (χ2n) is 10.6. The number of halogens is 1. The minimum Gasteiger partial charge on any atom is -0.351 e. The van der Waals surface area contributed by atoms with Crippen LogP contribution in [0.5, 0.6) is 0 Å². The molecule has 0 radical (unpaired) electrons. The molecule has 7 rings (SSSR count). The van der Waals surface area contributed by atoms with Crippen LogP contribution in [0.4, 0.5) is 15.9 Å². The van der Waals surface area contributed by atoms with E-state index in [1.807, 2.05) is 31.2 Å². The highest BCUT2D eigenvalue weighted by Crippen LogP contribution is 2.51. The maximum absolute atomic E-state index is 14.7. The topological polar surface area (TPSA) is 84.7 Å². The fourth-order valence-corrected chi connectivity index (χ4v) is 5.45. The van der Waals surface area contributed by atoms with Gasteiger partial charge in [-0.1, -0.05) is 12.1 Å². The van der Waals surface area contributed by atoms with E-state index in [-0.39, 0.29) is 17.1 Å². The van der Waals surface area contributed by atoms with Crippen molar-refractivity contribution < 1.29 is 9.18 Å². The Morgan fingerprint density at radius 2 is 1.92 bits per heavy atom. The second kappa shape index (κ2) is 7.96. The highest BCUT2D eigenvalue weighted by molar-refractivity contribution is 5.98. The molecule has 0 bridgehead atoms. The van der Waals surface area contributed by atoms with E-state index in [9.17, 15) is 9.18 Å². The zero-order valence-corrected chi connectivity index (χ0v) is 20.8. The lowest BCUT2D eigenvalue weighted by Gasteiger charge is -2.26. The summed E-state index contributed by atoms with van der Waals surface area (Å²) in [5, 5.41) is 6.10. The molecule has 7 nitrogen and oxygen atoms in total. The molecule has 2 aliphatic carbocycles. The van der Waals surface area contributed by atoms with Gasteiger partial charge in [0.1, 0.15) is 5.82 Å². The molecule has 1 aliphatic heterocycles. The number of amides is 1. The molecule has 4 aromatic rings. The molecule has 2 N–H and O–H groups in total. The largest absolute Gasteiger partial charge is 0.351 e. The Labute approximate surface area is 214 Å². The summed E-state index contributed by atoms with van der Waals surface area (Å²) in [6.07, 6.45) is 7.80. The van der Waals surface area contributed by atoms with E-state index in [1.54, 1.807) is 12.1 Å². The Kier molecular flexibility index (Phi) is 4.77. The number of nitrogens with zero attached hydrogens (tertiary/aromatic N) is 4. The highest BCUT2D eigenvalue weighted by Gasteiger charge is 2.48. The van der Waals surface area contributed by atoms with Crippen molar-refractivity contribution in [2.45, 2.75) is 43.9 Å². The summed E-state index contributed by atoms with van der Waals surface area (Å²) in [6, 6.07) is 11.6. The molecule has 3 heterocycles. The van der Waals surface area contributed by atoms with Crippen LogP contribution in [0.3, 0.4) is 0 Å². The Hall–Kier alpha value is -4.07. The summed E-state index contributed by atoms with van der Waals surface area (Å²) < 4.78 is 16.9. The number of imidazole rings is 1. The minimum absolute atomic E-state index is 0.0165. The molecule has 1 spiro atoms. The van der Waals surface area contributed by atoms with Gasteiger partial charge in [-0.25, -0.2) is 19.3 Å². The average Bonchev–Trinajstić information content (AvgIpc) is 3.82. The van der Waals surface area contributed by atoms with Crippen LogP contribution in [0.15, 0.2) is 48.8 Å². The van der Waals surface area contributed by atoms with Crippen molar-refractivity contribution in [1.29, 1.82) is 0 Å². The predicted octanol–water partition coefficient (Wildman–Crippen LogP) is 5.39. The summed E-state index contributed by atoms with van der Waals surface area (Å²) in [5.74, 6) is 1.69. The molecule has 2 saturated carbocycles. The van der Waals surface area contributed by atoms with Gasteiger partial charge in [-0.3, -0.25) is 4.79 Å². The van der Waals surface area contributed by atoms with Gasteiger partial charge >= 0.3 is 0 Å². The average molecular weight is 495 g/mol. The number of fused-ring (bicyclic) bond motifs is 2. The van der Waals surface area contributed by atoms with E-state index in [4.69, 9.17) is 4.98 Å². The molecule has 0 atom stereocenters. The van der Waals surface area contributed by atoms with Crippen LogP contribution in [0.1, 0.15) is 58.9 Å². The summed E-state index contributed by atoms with van der Waals surface area (Å²) in [7, 11) is 2.05. The first-order valence-electron chi connectivity index (χ1n) is 12.8. The lowest BCUT2D eigenvalue weighted by atomic mass is 9.87. The number of rotatable bonds is 5. The molecule has 0 saturated heterocycles. The van der Waals surface area contributed by atoms with Gasteiger partial charge < -0.3 is 15.2 Å². The molecular weight excluding hydrogens is 467 g/mol. The Morgan fingerprint density at radius 3 is 2.68 bits per heavy atom. The summed E-state index contributed by atoms with van der Waals surface area (Å²) in [5.41, 5.74) is 6.35. The molecule has 3 aliphatic rings. The number of aryl methyl sites for hydroxylation is 2. The molecule has 2 fully saturated rings. The fraction of sp³-hybridized carbons (Fsp3) is 0.310. The van der Waals surface area contributed by atoms with Crippen molar-refractivity contribution in [3.8, 4) is 22.6 Å². The van der Waals surface area contributed by atoms with E-state index in [1.165, 1.54) is 19.0 Å². The van der Waals surface area contributed by atoms with Gasteiger partial charge in [-0.2, -0.15) is 0 Å². The van der Waals surface area contributed by atoms with Crippen molar-refractivity contribution >= 4 is 17.4 Å². The van der Waals surface area contributed by atoms with Gasteiger partial charge in [-0.15, -0.1) is 0 Å². The number of anilines is 2. The maximum atomic E-state index is 14.7. The van der Waals surface area contributed by atoms with E-state index in [0.717, 1.165) is 46.6 Å². The smallest absolute Gasteiger partial charge is 0.251 e. The third kappa shape index (κ3) is 3.79. The van der Waals surface area contributed by atoms with Gasteiger partial charge in [-0.05, 0) is 68.0 Å². The van der Waals surface area contributed by atoms with Crippen LogP contribution in [-0.2, 0) is 12.5 Å². The number of nitrogens with one attached hydrogen (secondary N) is 2. The lowest BCUT2D eigenvalue weighted by molar-refractivity contribution is 0.0937. The molecular formula is C29H27FN6O. The fourth-order valence-electron chi connectivity index (χ4n) is 5.45. The first-order valence-corrected chi connectivity index (χ1v) is 12.8. The first kappa shape index (κ1) is 22.2. The zero-order valence-electron chi connectivity index (χ0n) is 20.8. The third-order valence-corrected chi connectivity index (χ3v) is 7.90. The predicted molar refractivity (Wildman–Crippen MR) is 139 cm³/mol. The standard InChI is InChI=1S/C29H27FN6O/c1-16-11-18(5-7-20(16)24-14-36(2)27(34-24)17-3-4-17)25-31-13-23(30)26(35-25)33-19-6-8-21-22(12-19)29(9-10-29)15-32-28(21)37/h5-8,11-14,17H,3-4,9-10,15H2,1-2H3,(H,32,37)(H,31,33,35). The van der Waals surface area contributed by atoms with Crippen LogP contribution in [0.25, 0.3) is 22.6 Å². The summed E-state index contributed by atoms with van der Waals surface area (Å²) in [4.78, 5) is 25.9. The number of hydrogen-bond acceptors (Lipinski definition) is 5. The SMILES string of the molecule is Cc1cc(-c2ncc(F)c(Nc3ccc4c(c3)C3(CC3)CNC4=O)n2)ccc1-c1cn(C)c(C2CC2)n1. The monoisotopic (exact) mass is 494 g/mol. The molecule has 2 aromatic carbocycles. The van der Waals surface area contributed by atoms with Crippen LogP contribution in [0, 0.1) is 12.7 Å². The number of carbonyl (C=O) groups is 1. The Morgan fingerprint density at radius 1 is 1.11 bits per heavy atom. The van der Waals surface area contributed by atoms with Gasteiger partial charge in [0.15, 0.2) is 17.5 Å². The van der Waals surface area contributed by atoms with Crippen LogP contribution < -0.4 is 10.6 Å².